The lowest BCUT2D eigenvalue weighted by Crippen LogP contribution is -2.20. The first-order valence-electron chi connectivity index (χ1n) is 4.74. The van der Waals surface area contributed by atoms with E-state index in [0.717, 1.165) is 5.92 Å². The molecule has 1 saturated carbocycles. The van der Waals surface area contributed by atoms with Crippen molar-refractivity contribution in [1.82, 2.24) is 5.32 Å². The Balaban J connectivity index is 1.84. The minimum Gasteiger partial charge on any atom is -0.309 e. The van der Waals surface area contributed by atoms with E-state index >= 15 is 0 Å². The second-order valence-electron chi connectivity index (χ2n) is 3.72. The molecule has 0 aromatic carbocycles. The van der Waals surface area contributed by atoms with Gasteiger partial charge in [-0.3, -0.25) is 0 Å². The van der Waals surface area contributed by atoms with Crippen molar-refractivity contribution in [2.24, 2.45) is 5.92 Å². The molecule has 2 rings (SSSR count). The lowest BCUT2D eigenvalue weighted by atomic mass is 10.2. The molecule has 3 heteroatoms. The molecule has 1 fully saturated rings. The number of rotatable bonds is 4. The lowest BCUT2D eigenvalue weighted by molar-refractivity contribution is 0.555. The van der Waals surface area contributed by atoms with Gasteiger partial charge in [0.15, 0.2) is 0 Å². The summed E-state index contributed by atoms with van der Waals surface area (Å²) in [7, 11) is 0. The molecule has 0 bridgehead atoms. The Kier molecular flexibility index (Phi) is 3.06. The third kappa shape index (κ3) is 2.79. The Labute approximate surface area is 91.7 Å². The van der Waals surface area contributed by atoms with Gasteiger partial charge in [-0.15, -0.1) is 11.3 Å². The van der Waals surface area contributed by atoms with Gasteiger partial charge in [-0.2, -0.15) is 0 Å². The third-order valence-electron chi connectivity index (χ3n) is 2.43. The molecule has 1 aromatic rings. The molecule has 13 heavy (non-hydrogen) atoms. The Morgan fingerprint density at radius 2 is 2.38 bits per heavy atom. The second kappa shape index (κ2) is 4.11. The van der Waals surface area contributed by atoms with Crippen LogP contribution in [-0.4, -0.2) is 6.54 Å². The van der Waals surface area contributed by atoms with Crippen molar-refractivity contribution in [2.45, 2.75) is 25.8 Å². The van der Waals surface area contributed by atoms with Gasteiger partial charge in [0.05, 0.1) is 3.79 Å². The molecule has 1 heterocycles. The van der Waals surface area contributed by atoms with E-state index in [1.165, 1.54) is 28.0 Å². The van der Waals surface area contributed by atoms with E-state index in [2.05, 4.69) is 40.3 Å². The summed E-state index contributed by atoms with van der Waals surface area (Å²) in [5.74, 6) is 0.964. The highest BCUT2D eigenvalue weighted by Crippen LogP contribution is 2.30. The Bertz CT molecular complexity index is 280. The summed E-state index contributed by atoms with van der Waals surface area (Å²) in [6, 6.07) is 4.83. The fraction of sp³-hybridized carbons (Fsp3) is 0.600. The van der Waals surface area contributed by atoms with E-state index in [0.29, 0.717) is 6.04 Å². The molecule has 0 saturated heterocycles. The molecular formula is C10H14BrNS. The van der Waals surface area contributed by atoms with Crippen LogP contribution in [0.2, 0.25) is 0 Å². The van der Waals surface area contributed by atoms with Crippen LogP contribution in [0.1, 0.15) is 30.7 Å². The fourth-order valence-corrected chi connectivity index (χ4v) is 2.78. The summed E-state index contributed by atoms with van der Waals surface area (Å²) in [4.78, 5) is 1.42. The van der Waals surface area contributed by atoms with Gasteiger partial charge in [0, 0.05) is 10.9 Å². The zero-order valence-corrected chi connectivity index (χ0v) is 10.1. The maximum Gasteiger partial charge on any atom is 0.0701 e. The van der Waals surface area contributed by atoms with Crippen molar-refractivity contribution < 1.29 is 0 Å². The smallest absolute Gasteiger partial charge is 0.0701 e. The summed E-state index contributed by atoms with van der Waals surface area (Å²) in [5, 5.41) is 3.56. The highest BCUT2D eigenvalue weighted by Gasteiger charge is 2.21. The third-order valence-corrected chi connectivity index (χ3v) is 4.24. The molecule has 1 nitrogen and oxygen atoms in total. The fourth-order valence-electron chi connectivity index (χ4n) is 1.33. The molecule has 1 aliphatic rings. The molecule has 1 N–H and O–H groups in total. The molecule has 1 aromatic heterocycles. The molecular weight excluding hydrogens is 246 g/mol. The summed E-state index contributed by atoms with van der Waals surface area (Å²) >= 11 is 5.31. The van der Waals surface area contributed by atoms with Crippen LogP contribution in [0.3, 0.4) is 0 Å². The molecule has 72 valence electrons. The predicted molar refractivity (Wildman–Crippen MR) is 61.2 cm³/mol. The zero-order chi connectivity index (χ0) is 9.26. The van der Waals surface area contributed by atoms with Crippen molar-refractivity contribution in [3.8, 4) is 0 Å². The lowest BCUT2D eigenvalue weighted by Gasteiger charge is -2.10. The van der Waals surface area contributed by atoms with Crippen molar-refractivity contribution in [3.63, 3.8) is 0 Å². The van der Waals surface area contributed by atoms with Crippen LogP contribution in [0.4, 0.5) is 0 Å². The highest BCUT2D eigenvalue weighted by molar-refractivity contribution is 9.11. The SMILES string of the molecule is C[C@H](NCC1CC1)c1ccc(Br)s1. The average Bonchev–Trinajstić information content (AvgIpc) is 2.84. The topological polar surface area (TPSA) is 12.0 Å². The maximum absolute atomic E-state index is 3.56. The van der Waals surface area contributed by atoms with Crippen molar-refractivity contribution in [2.75, 3.05) is 6.54 Å². The summed E-state index contributed by atoms with van der Waals surface area (Å²) < 4.78 is 1.22. The van der Waals surface area contributed by atoms with Crippen molar-refractivity contribution >= 4 is 27.3 Å². The Morgan fingerprint density at radius 3 is 2.92 bits per heavy atom. The molecule has 1 aliphatic carbocycles. The van der Waals surface area contributed by atoms with Crippen molar-refractivity contribution in [1.29, 1.82) is 0 Å². The molecule has 0 spiro atoms. The van der Waals surface area contributed by atoms with Crippen LogP contribution in [0.25, 0.3) is 0 Å². The molecule has 1 atom stereocenters. The van der Waals surface area contributed by atoms with Gasteiger partial charge in [-0.1, -0.05) is 0 Å². The first kappa shape index (κ1) is 9.69. The van der Waals surface area contributed by atoms with Gasteiger partial charge < -0.3 is 5.32 Å². The summed E-state index contributed by atoms with van der Waals surface area (Å²) in [6.07, 6.45) is 2.85. The van der Waals surface area contributed by atoms with Gasteiger partial charge in [0.25, 0.3) is 0 Å². The first-order valence-corrected chi connectivity index (χ1v) is 6.35. The van der Waals surface area contributed by atoms with E-state index < -0.39 is 0 Å². The second-order valence-corrected chi connectivity index (χ2v) is 6.21. The minimum absolute atomic E-state index is 0.511. The number of hydrogen-bond acceptors (Lipinski definition) is 2. The van der Waals surface area contributed by atoms with Gasteiger partial charge in [0.2, 0.25) is 0 Å². The van der Waals surface area contributed by atoms with Gasteiger partial charge in [0.1, 0.15) is 0 Å². The summed E-state index contributed by atoms with van der Waals surface area (Å²) in [5.41, 5.74) is 0. The van der Waals surface area contributed by atoms with Gasteiger partial charge in [-0.25, -0.2) is 0 Å². The summed E-state index contributed by atoms with van der Waals surface area (Å²) in [6.45, 7) is 3.43. The van der Waals surface area contributed by atoms with E-state index in [1.54, 1.807) is 0 Å². The van der Waals surface area contributed by atoms with E-state index in [4.69, 9.17) is 0 Å². The number of halogens is 1. The zero-order valence-electron chi connectivity index (χ0n) is 7.72. The van der Waals surface area contributed by atoms with E-state index in [9.17, 15) is 0 Å². The standard InChI is InChI=1S/C10H14BrNS/c1-7(12-6-8-2-3-8)9-4-5-10(11)13-9/h4-5,7-8,12H,2-3,6H2,1H3/t7-/m0/s1. The quantitative estimate of drug-likeness (QED) is 0.872. The van der Waals surface area contributed by atoms with Crippen LogP contribution >= 0.6 is 27.3 Å². The normalized spacial score (nSPS) is 18.9. The molecule has 0 amide bonds. The largest absolute Gasteiger partial charge is 0.309 e. The Morgan fingerprint density at radius 1 is 1.62 bits per heavy atom. The van der Waals surface area contributed by atoms with Crippen LogP contribution in [0.15, 0.2) is 15.9 Å². The Hall–Kier alpha value is 0.140. The van der Waals surface area contributed by atoms with Gasteiger partial charge in [-0.05, 0) is 60.3 Å². The predicted octanol–water partition coefficient (Wildman–Crippen LogP) is 3.57. The van der Waals surface area contributed by atoms with Crippen molar-refractivity contribution in [3.05, 3.63) is 20.8 Å². The van der Waals surface area contributed by atoms with Crippen LogP contribution in [-0.2, 0) is 0 Å². The van der Waals surface area contributed by atoms with Crippen LogP contribution in [0.5, 0.6) is 0 Å². The first-order chi connectivity index (χ1) is 6.25. The number of thiophene rings is 1. The number of hydrogen-bond donors (Lipinski definition) is 1. The molecule has 0 aliphatic heterocycles. The molecule has 0 unspecified atom stereocenters. The molecule has 0 radical (unpaired) electrons. The van der Waals surface area contributed by atoms with E-state index in [1.807, 2.05) is 11.3 Å². The van der Waals surface area contributed by atoms with Crippen LogP contribution < -0.4 is 5.32 Å². The highest BCUT2D eigenvalue weighted by atomic mass is 79.9. The van der Waals surface area contributed by atoms with Gasteiger partial charge >= 0.3 is 0 Å². The van der Waals surface area contributed by atoms with E-state index in [-0.39, 0.29) is 0 Å². The van der Waals surface area contributed by atoms with Crippen LogP contribution in [0, 0.1) is 5.92 Å². The number of nitrogens with one attached hydrogen (secondary N) is 1. The minimum atomic E-state index is 0.511. The monoisotopic (exact) mass is 259 g/mol. The average molecular weight is 260 g/mol. The maximum atomic E-state index is 3.56.